The molecule has 0 aliphatic heterocycles. The Morgan fingerprint density at radius 3 is 2.81 bits per heavy atom. The third kappa shape index (κ3) is 4.62. The van der Waals surface area contributed by atoms with Crippen LogP contribution < -0.4 is 11.1 Å². The fourth-order valence-corrected chi connectivity index (χ4v) is 1.67. The second-order valence-corrected chi connectivity index (χ2v) is 5.10. The Hall–Kier alpha value is -1.09. The maximum absolute atomic E-state index is 5.53. The summed E-state index contributed by atoms with van der Waals surface area (Å²) < 4.78 is 0. The maximum Gasteiger partial charge on any atom is 0.0393 e. The molecule has 3 heteroatoms. The van der Waals surface area contributed by atoms with Crippen LogP contribution in [0.3, 0.4) is 0 Å². The van der Waals surface area contributed by atoms with Gasteiger partial charge in [-0.3, -0.25) is 4.98 Å². The van der Waals surface area contributed by atoms with Gasteiger partial charge in [-0.15, -0.1) is 0 Å². The highest BCUT2D eigenvalue weighted by Gasteiger charge is 2.16. The molecule has 0 radical (unpaired) electrons. The molecular formula is C13H23N3. The van der Waals surface area contributed by atoms with Gasteiger partial charge in [0.15, 0.2) is 0 Å². The fraction of sp³-hybridized carbons (Fsp3) is 0.615. The number of aromatic nitrogens is 1. The zero-order chi connectivity index (χ0) is 12.0. The summed E-state index contributed by atoms with van der Waals surface area (Å²) in [6, 6.07) is 4.07. The first kappa shape index (κ1) is 13.0. The molecule has 0 fully saturated rings. The Labute approximate surface area is 98.5 Å². The molecule has 0 saturated heterocycles. The van der Waals surface area contributed by atoms with E-state index in [4.69, 9.17) is 5.73 Å². The number of nitrogens with one attached hydrogen (secondary N) is 1. The molecule has 1 heterocycles. The van der Waals surface area contributed by atoms with Gasteiger partial charge in [-0.1, -0.05) is 13.8 Å². The summed E-state index contributed by atoms with van der Waals surface area (Å²) in [5.41, 5.74) is 8.02. The molecule has 1 rings (SSSR count). The highest BCUT2D eigenvalue weighted by atomic mass is 14.9. The van der Waals surface area contributed by atoms with Gasteiger partial charge in [0, 0.05) is 24.1 Å². The van der Waals surface area contributed by atoms with E-state index >= 15 is 0 Å². The molecular weight excluding hydrogens is 198 g/mol. The van der Waals surface area contributed by atoms with Crippen molar-refractivity contribution < 1.29 is 0 Å². The van der Waals surface area contributed by atoms with Crippen LogP contribution in [0.4, 0.5) is 5.69 Å². The van der Waals surface area contributed by atoms with Gasteiger partial charge in [0.2, 0.25) is 0 Å². The standard InChI is InChI=1S/C13H23N3/c1-11-9-12(5-8-15-11)16-10-13(2,3)6-4-7-14/h5,8-9H,4,6-7,10,14H2,1-3H3,(H,15,16). The van der Waals surface area contributed by atoms with Crippen LogP contribution in [-0.2, 0) is 0 Å². The third-order valence-corrected chi connectivity index (χ3v) is 2.73. The molecule has 0 aromatic carbocycles. The minimum absolute atomic E-state index is 0.288. The summed E-state index contributed by atoms with van der Waals surface area (Å²) in [4.78, 5) is 4.18. The van der Waals surface area contributed by atoms with Gasteiger partial charge in [0.1, 0.15) is 0 Å². The molecule has 0 atom stereocenters. The molecule has 3 N–H and O–H groups in total. The molecule has 0 unspecified atom stereocenters. The summed E-state index contributed by atoms with van der Waals surface area (Å²) in [5, 5.41) is 3.45. The van der Waals surface area contributed by atoms with Crippen molar-refractivity contribution in [3.63, 3.8) is 0 Å². The minimum Gasteiger partial charge on any atom is -0.384 e. The van der Waals surface area contributed by atoms with Gasteiger partial charge in [-0.05, 0) is 43.9 Å². The van der Waals surface area contributed by atoms with Crippen molar-refractivity contribution in [2.24, 2.45) is 11.1 Å². The first-order chi connectivity index (χ1) is 7.53. The first-order valence-electron chi connectivity index (χ1n) is 5.90. The number of rotatable bonds is 6. The van der Waals surface area contributed by atoms with Crippen LogP contribution in [0.1, 0.15) is 32.4 Å². The van der Waals surface area contributed by atoms with E-state index in [0.29, 0.717) is 0 Å². The molecule has 1 aromatic rings. The van der Waals surface area contributed by atoms with Gasteiger partial charge >= 0.3 is 0 Å². The molecule has 0 spiro atoms. The normalized spacial score (nSPS) is 11.5. The lowest BCUT2D eigenvalue weighted by Gasteiger charge is -2.25. The SMILES string of the molecule is Cc1cc(NCC(C)(C)CCCN)ccn1. The monoisotopic (exact) mass is 221 g/mol. The topological polar surface area (TPSA) is 50.9 Å². The van der Waals surface area contributed by atoms with E-state index in [-0.39, 0.29) is 5.41 Å². The van der Waals surface area contributed by atoms with Gasteiger partial charge in [0.05, 0.1) is 0 Å². The highest BCUT2D eigenvalue weighted by molar-refractivity contribution is 5.43. The van der Waals surface area contributed by atoms with E-state index in [1.807, 2.05) is 19.2 Å². The van der Waals surface area contributed by atoms with E-state index in [1.165, 1.54) is 0 Å². The average molecular weight is 221 g/mol. The van der Waals surface area contributed by atoms with Crippen LogP contribution in [0.15, 0.2) is 18.3 Å². The predicted molar refractivity (Wildman–Crippen MR) is 69.5 cm³/mol. The highest BCUT2D eigenvalue weighted by Crippen LogP contribution is 2.22. The second kappa shape index (κ2) is 5.85. The van der Waals surface area contributed by atoms with Gasteiger partial charge in [-0.2, -0.15) is 0 Å². The lowest BCUT2D eigenvalue weighted by Crippen LogP contribution is -2.24. The Kier molecular flexibility index (Phi) is 4.74. The number of nitrogens with two attached hydrogens (primary N) is 1. The van der Waals surface area contributed by atoms with Crippen molar-refractivity contribution in [1.29, 1.82) is 0 Å². The summed E-state index contributed by atoms with van der Waals surface area (Å²) in [6.45, 7) is 8.28. The molecule has 3 nitrogen and oxygen atoms in total. The molecule has 90 valence electrons. The zero-order valence-corrected chi connectivity index (χ0v) is 10.6. The summed E-state index contributed by atoms with van der Waals surface area (Å²) in [5.74, 6) is 0. The van der Waals surface area contributed by atoms with Crippen molar-refractivity contribution in [2.45, 2.75) is 33.6 Å². The molecule has 1 aromatic heterocycles. The maximum atomic E-state index is 5.53. The number of nitrogens with zero attached hydrogens (tertiary/aromatic N) is 1. The Morgan fingerprint density at radius 1 is 1.44 bits per heavy atom. The smallest absolute Gasteiger partial charge is 0.0393 e. The number of aryl methyl sites for hydroxylation is 1. The van der Waals surface area contributed by atoms with Crippen LogP contribution in [-0.4, -0.2) is 18.1 Å². The van der Waals surface area contributed by atoms with Crippen LogP contribution >= 0.6 is 0 Å². The zero-order valence-electron chi connectivity index (χ0n) is 10.6. The van der Waals surface area contributed by atoms with E-state index in [9.17, 15) is 0 Å². The van der Waals surface area contributed by atoms with Gasteiger partial charge in [-0.25, -0.2) is 0 Å². The minimum atomic E-state index is 0.288. The van der Waals surface area contributed by atoms with Crippen molar-refractivity contribution in [3.8, 4) is 0 Å². The summed E-state index contributed by atoms with van der Waals surface area (Å²) >= 11 is 0. The fourth-order valence-electron chi connectivity index (χ4n) is 1.67. The molecule has 16 heavy (non-hydrogen) atoms. The van der Waals surface area contributed by atoms with Crippen LogP contribution in [0, 0.1) is 12.3 Å². The number of pyridine rings is 1. The first-order valence-corrected chi connectivity index (χ1v) is 5.90. The van der Waals surface area contributed by atoms with E-state index < -0.39 is 0 Å². The number of anilines is 1. The van der Waals surface area contributed by atoms with Gasteiger partial charge < -0.3 is 11.1 Å². The van der Waals surface area contributed by atoms with E-state index in [2.05, 4.69) is 30.2 Å². The van der Waals surface area contributed by atoms with E-state index in [0.717, 1.165) is 37.3 Å². The van der Waals surface area contributed by atoms with Crippen molar-refractivity contribution in [1.82, 2.24) is 4.98 Å². The Bertz CT molecular complexity index is 321. The average Bonchev–Trinajstić information content (AvgIpc) is 2.24. The lowest BCUT2D eigenvalue weighted by molar-refractivity contribution is 0.350. The second-order valence-electron chi connectivity index (χ2n) is 5.10. The molecule has 0 saturated carbocycles. The Morgan fingerprint density at radius 2 is 2.19 bits per heavy atom. The predicted octanol–water partition coefficient (Wildman–Crippen LogP) is 2.57. The molecule has 0 amide bonds. The van der Waals surface area contributed by atoms with Crippen LogP contribution in [0.5, 0.6) is 0 Å². The van der Waals surface area contributed by atoms with E-state index in [1.54, 1.807) is 0 Å². The molecule has 0 aliphatic carbocycles. The van der Waals surface area contributed by atoms with Crippen molar-refractivity contribution >= 4 is 5.69 Å². The quantitative estimate of drug-likeness (QED) is 0.776. The van der Waals surface area contributed by atoms with Crippen LogP contribution in [0.2, 0.25) is 0 Å². The molecule has 0 aliphatic rings. The summed E-state index contributed by atoms with van der Waals surface area (Å²) in [7, 11) is 0. The largest absolute Gasteiger partial charge is 0.384 e. The summed E-state index contributed by atoms with van der Waals surface area (Å²) in [6.07, 6.45) is 4.08. The number of hydrogen-bond donors (Lipinski definition) is 2. The Balaban J connectivity index is 2.44. The number of hydrogen-bond acceptors (Lipinski definition) is 3. The third-order valence-electron chi connectivity index (χ3n) is 2.73. The van der Waals surface area contributed by atoms with Crippen LogP contribution in [0.25, 0.3) is 0 Å². The lowest BCUT2D eigenvalue weighted by atomic mass is 9.87. The van der Waals surface area contributed by atoms with Crippen molar-refractivity contribution in [3.05, 3.63) is 24.0 Å². The van der Waals surface area contributed by atoms with Gasteiger partial charge in [0.25, 0.3) is 0 Å². The molecule has 0 bridgehead atoms. The van der Waals surface area contributed by atoms with Crippen molar-refractivity contribution in [2.75, 3.05) is 18.4 Å².